The minimum Gasteiger partial charge on any atom is -0.258 e. The van der Waals surface area contributed by atoms with E-state index in [1.807, 2.05) is 6.92 Å². The first-order chi connectivity index (χ1) is 9.75. The Hall–Kier alpha value is -1.18. The number of benzene rings is 1. The molecule has 2 rings (SSSR count). The number of nitrogens with zero attached hydrogens (tertiary/aromatic N) is 2. The number of piperidine rings is 1. The molecule has 0 unspecified atom stereocenters. The lowest BCUT2D eigenvalue weighted by atomic mass is 10.1. The second kappa shape index (κ2) is 5.90. The van der Waals surface area contributed by atoms with Gasteiger partial charge >= 0.3 is 0 Å². The number of sulfonamides is 1. The van der Waals surface area contributed by atoms with Crippen LogP contribution in [0, 0.1) is 17.0 Å². The van der Waals surface area contributed by atoms with E-state index in [0.717, 1.165) is 25.3 Å². The van der Waals surface area contributed by atoms with Gasteiger partial charge in [0.2, 0.25) is 10.0 Å². The van der Waals surface area contributed by atoms with Crippen molar-refractivity contribution in [1.29, 1.82) is 0 Å². The average molecular weight is 333 g/mol. The van der Waals surface area contributed by atoms with Gasteiger partial charge in [0.25, 0.3) is 5.69 Å². The highest BCUT2D eigenvalue weighted by atomic mass is 35.5. The maximum absolute atomic E-state index is 12.7. The fraction of sp³-hybridized carbons (Fsp3) is 0.538. The van der Waals surface area contributed by atoms with Crippen molar-refractivity contribution in [3.8, 4) is 0 Å². The molecule has 0 radical (unpaired) electrons. The van der Waals surface area contributed by atoms with Gasteiger partial charge in [-0.3, -0.25) is 10.1 Å². The number of hydrogen-bond donors (Lipinski definition) is 0. The van der Waals surface area contributed by atoms with E-state index in [1.54, 1.807) is 0 Å². The van der Waals surface area contributed by atoms with E-state index in [9.17, 15) is 18.5 Å². The van der Waals surface area contributed by atoms with Crippen LogP contribution in [0.25, 0.3) is 0 Å². The highest BCUT2D eigenvalue weighted by Crippen LogP contribution is 2.32. The first-order valence-electron chi connectivity index (χ1n) is 6.71. The molecule has 116 valence electrons. The molecule has 8 heteroatoms. The molecule has 0 spiro atoms. The summed E-state index contributed by atoms with van der Waals surface area (Å²) in [6, 6.07) is 2.28. The Labute approximate surface area is 128 Å². The van der Waals surface area contributed by atoms with Crippen molar-refractivity contribution in [2.75, 3.05) is 6.54 Å². The third-order valence-corrected chi connectivity index (χ3v) is 6.22. The average Bonchev–Trinajstić information content (AvgIpc) is 2.41. The van der Waals surface area contributed by atoms with E-state index in [2.05, 4.69) is 0 Å². The SMILES string of the molecule is Cc1c(Cl)cc(S(=O)(=O)N2CCCC[C@@H]2C)cc1[N+](=O)[O-]. The Bertz CT molecular complexity index is 675. The molecule has 1 heterocycles. The predicted octanol–water partition coefficient (Wildman–Crippen LogP) is 3.12. The molecule has 0 bridgehead atoms. The van der Waals surface area contributed by atoms with Crippen molar-refractivity contribution in [1.82, 2.24) is 4.31 Å². The van der Waals surface area contributed by atoms with Crippen molar-refractivity contribution < 1.29 is 13.3 Å². The van der Waals surface area contributed by atoms with Crippen LogP contribution in [0.2, 0.25) is 5.02 Å². The molecule has 0 aliphatic carbocycles. The molecule has 0 amide bonds. The maximum atomic E-state index is 12.7. The van der Waals surface area contributed by atoms with Crippen LogP contribution in [0.1, 0.15) is 31.7 Å². The normalized spacial score (nSPS) is 20.4. The van der Waals surface area contributed by atoms with Crippen molar-refractivity contribution >= 4 is 27.3 Å². The molecule has 1 atom stereocenters. The minimum atomic E-state index is -3.76. The summed E-state index contributed by atoms with van der Waals surface area (Å²) >= 11 is 5.96. The highest BCUT2D eigenvalue weighted by molar-refractivity contribution is 7.89. The van der Waals surface area contributed by atoms with E-state index < -0.39 is 14.9 Å². The number of hydrogen-bond acceptors (Lipinski definition) is 4. The number of nitro groups is 1. The van der Waals surface area contributed by atoms with E-state index >= 15 is 0 Å². The molecule has 1 aliphatic heterocycles. The Morgan fingerprint density at radius 1 is 1.38 bits per heavy atom. The van der Waals surface area contributed by atoms with Crippen molar-refractivity contribution in [3.63, 3.8) is 0 Å². The van der Waals surface area contributed by atoms with Crippen LogP contribution < -0.4 is 0 Å². The quantitative estimate of drug-likeness (QED) is 0.629. The van der Waals surface area contributed by atoms with Gasteiger partial charge in [-0.25, -0.2) is 8.42 Å². The van der Waals surface area contributed by atoms with Gasteiger partial charge in [0.15, 0.2) is 0 Å². The van der Waals surface area contributed by atoms with Crippen molar-refractivity contribution in [2.24, 2.45) is 0 Å². The van der Waals surface area contributed by atoms with Gasteiger partial charge in [0.1, 0.15) is 0 Å². The summed E-state index contributed by atoms with van der Waals surface area (Å²) in [6.07, 6.45) is 2.58. The molecule has 1 aliphatic rings. The predicted molar refractivity (Wildman–Crippen MR) is 80.0 cm³/mol. The molecular formula is C13H17ClN2O4S. The molecule has 1 aromatic rings. The van der Waals surface area contributed by atoms with Gasteiger partial charge in [0.05, 0.1) is 14.8 Å². The molecular weight excluding hydrogens is 316 g/mol. The van der Waals surface area contributed by atoms with Gasteiger partial charge in [-0.15, -0.1) is 0 Å². The minimum absolute atomic E-state index is 0.0902. The molecule has 1 fully saturated rings. The lowest BCUT2D eigenvalue weighted by molar-refractivity contribution is -0.385. The van der Waals surface area contributed by atoms with Crippen LogP contribution in [-0.4, -0.2) is 30.2 Å². The van der Waals surface area contributed by atoms with Crippen LogP contribution in [0.3, 0.4) is 0 Å². The van der Waals surface area contributed by atoms with Gasteiger partial charge < -0.3 is 0 Å². The third kappa shape index (κ3) is 3.04. The summed E-state index contributed by atoms with van der Waals surface area (Å²) in [5.41, 5.74) is -0.00181. The monoisotopic (exact) mass is 332 g/mol. The fourth-order valence-electron chi connectivity index (χ4n) is 2.54. The van der Waals surface area contributed by atoms with E-state index in [1.165, 1.54) is 17.3 Å². The number of rotatable bonds is 3. The zero-order chi connectivity index (χ0) is 15.8. The maximum Gasteiger partial charge on any atom is 0.275 e. The Morgan fingerprint density at radius 3 is 2.62 bits per heavy atom. The smallest absolute Gasteiger partial charge is 0.258 e. The molecule has 0 saturated carbocycles. The molecule has 1 aromatic carbocycles. The van der Waals surface area contributed by atoms with E-state index in [0.29, 0.717) is 6.54 Å². The first kappa shape index (κ1) is 16.2. The summed E-state index contributed by atoms with van der Waals surface area (Å²) in [4.78, 5) is 10.3. The zero-order valence-corrected chi connectivity index (χ0v) is 13.4. The largest absolute Gasteiger partial charge is 0.275 e. The molecule has 1 saturated heterocycles. The second-order valence-electron chi connectivity index (χ2n) is 5.27. The topological polar surface area (TPSA) is 80.5 Å². The zero-order valence-electron chi connectivity index (χ0n) is 11.9. The van der Waals surface area contributed by atoms with Crippen molar-refractivity contribution in [2.45, 2.75) is 44.0 Å². The summed E-state index contributed by atoms with van der Waals surface area (Å²) in [7, 11) is -3.76. The Balaban J connectivity index is 2.52. The molecule has 0 N–H and O–H groups in total. The fourth-order valence-corrected chi connectivity index (χ4v) is 4.57. The van der Waals surface area contributed by atoms with Crippen LogP contribution in [0.4, 0.5) is 5.69 Å². The van der Waals surface area contributed by atoms with Gasteiger partial charge in [-0.2, -0.15) is 4.31 Å². The summed E-state index contributed by atoms with van der Waals surface area (Å²) in [5.74, 6) is 0. The van der Waals surface area contributed by atoms with E-state index in [-0.39, 0.29) is 27.2 Å². The summed E-state index contributed by atoms with van der Waals surface area (Å²) < 4.78 is 26.8. The van der Waals surface area contributed by atoms with Crippen LogP contribution in [0.5, 0.6) is 0 Å². The van der Waals surface area contributed by atoms with Crippen LogP contribution in [0.15, 0.2) is 17.0 Å². The van der Waals surface area contributed by atoms with Gasteiger partial charge in [-0.05, 0) is 32.8 Å². The second-order valence-corrected chi connectivity index (χ2v) is 7.56. The molecule has 0 aromatic heterocycles. The molecule has 6 nitrogen and oxygen atoms in total. The molecule has 21 heavy (non-hydrogen) atoms. The third-order valence-electron chi connectivity index (χ3n) is 3.84. The first-order valence-corrected chi connectivity index (χ1v) is 8.53. The van der Waals surface area contributed by atoms with Gasteiger partial charge in [0, 0.05) is 24.2 Å². The number of halogens is 1. The van der Waals surface area contributed by atoms with Crippen molar-refractivity contribution in [3.05, 3.63) is 32.8 Å². The Kier molecular flexibility index (Phi) is 4.55. The van der Waals surface area contributed by atoms with E-state index in [4.69, 9.17) is 11.6 Å². The standard InChI is InChI=1S/C13H17ClN2O4S/c1-9-5-3-4-6-15(9)21(19,20)11-7-12(14)10(2)13(8-11)16(17)18/h7-9H,3-6H2,1-2H3/t9-/m0/s1. The van der Waals surface area contributed by atoms with Gasteiger partial charge in [-0.1, -0.05) is 18.0 Å². The summed E-state index contributed by atoms with van der Waals surface area (Å²) in [5, 5.41) is 11.1. The highest BCUT2D eigenvalue weighted by Gasteiger charge is 2.32. The van der Waals surface area contributed by atoms with Crippen LogP contribution >= 0.6 is 11.6 Å². The lowest BCUT2D eigenvalue weighted by Crippen LogP contribution is -2.41. The number of nitro benzene ring substituents is 1. The lowest BCUT2D eigenvalue weighted by Gasteiger charge is -2.32. The summed E-state index contributed by atoms with van der Waals surface area (Å²) in [6.45, 7) is 3.78. The Morgan fingerprint density at radius 2 is 2.05 bits per heavy atom. The van der Waals surface area contributed by atoms with Crippen LogP contribution in [-0.2, 0) is 10.0 Å².